The van der Waals surface area contributed by atoms with Crippen LogP contribution in [0, 0.1) is 11.6 Å². The fourth-order valence-corrected chi connectivity index (χ4v) is 6.12. The van der Waals surface area contributed by atoms with Gasteiger partial charge >= 0.3 is 0 Å². The Kier molecular flexibility index (Phi) is 13.2. The van der Waals surface area contributed by atoms with Crippen molar-refractivity contribution in [3.8, 4) is 0 Å². The second-order valence-electron chi connectivity index (χ2n) is 11.9. The molecule has 228 valence electrons. The van der Waals surface area contributed by atoms with Crippen LogP contribution in [0.4, 0.5) is 20.2 Å². The molecule has 0 aliphatic carbocycles. The number of anilines is 2. The van der Waals surface area contributed by atoms with Gasteiger partial charge in [0.1, 0.15) is 11.6 Å². The molecule has 3 aromatic carbocycles. The zero-order valence-corrected chi connectivity index (χ0v) is 25.9. The van der Waals surface area contributed by atoms with Crippen molar-refractivity contribution in [2.24, 2.45) is 0 Å². The smallest absolute Gasteiger partial charge is 0.146 e. The van der Waals surface area contributed by atoms with Crippen LogP contribution in [0.3, 0.4) is 0 Å². The number of nitrogens with zero attached hydrogens (tertiary/aromatic N) is 1. The third-order valence-electron chi connectivity index (χ3n) is 8.73. The van der Waals surface area contributed by atoms with Gasteiger partial charge in [0.25, 0.3) is 0 Å². The quantitative estimate of drug-likeness (QED) is 0.211. The summed E-state index contributed by atoms with van der Waals surface area (Å²) in [5, 5.41) is 6.38. The van der Waals surface area contributed by atoms with Crippen LogP contribution < -0.4 is 15.5 Å². The number of fused-ring (bicyclic) bond motifs is 1. The summed E-state index contributed by atoms with van der Waals surface area (Å²) in [6.07, 6.45) is 13.2. The molecule has 2 heterocycles. The summed E-state index contributed by atoms with van der Waals surface area (Å²) in [5.41, 5.74) is 7.59. The molecule has 0 saturated carbocycles. The van der Waals surface area contributed by atoms with Crippen LogP contribution in [0.5, 0.6) is 0 Å². The van der Waals surface area contributed by atoms with Gasteiger partial charge in [0.15, 0.2) is 0 Å². The monoisotopic (exact) mass is 575 g/mol. The number of rotatable bonds is 12. The number of halogens is 2. The van der Waals surface area contributed by atoms with E-state index in [2.05, 4.69) is 71.8 Å². The van der Waals surface area contributed by atoms with E-state index in [0.29, 0.717) is 12.5 Å². The lowest BCUT2D eigenvalue weighted by Crippen LogP contribution is -2.30. The van der Waals surface area contributed by atoms with Crippen LogP contribution in [0.1, 0.15) is 93.4 Å². The number of hydrogen-bond donors (Lipinski definition) is 2. The second kappa shape index (κ2) is 17.3. The number of aryl methyl sites for hydroxylation is 3. The van der Waals surface area contributed by atoms with E-state index in [4.69, 9.17) is 0 Å². The van der Waals surface area contributed by atoms with E-state index in [1.54, 1.807) is 5.56 Å². The fraction of sp³-hybridized carbons (Fsp3) is 0.514. The lowest BCUT2D eigenvalue weighted by atomic mass is 9.89. The first kappa shape index (κ1) is 32.0. The SMILES string of the molecule is CCCCCN1CCCc2ccc(CC)cc21.Fc1ccc(F)c(NCCCCc2ccc(C3CCNCC3)cc2)c1. The Labute approximate surface area is 253 Å². The molecule has 2 N–H and O–H groups in total. The highest BCUT2D eigenvalue weighted by molar-refractivity contribution is 5.57. The van der Waals surface area contributed by atoms with Gasteiger partial charge in [0, 0.05) is 25.3 Å². The first-order valence-corrected chi connectivity index (χ1v) is 16.4. The molecule has 0 aromatic heterocycles. The van der Waals surface area contributed by atoms with E-state index >= 15 is 0 Å². The molecule has 3 aromatic rings. The second-order valence-corrected chi connectivity index (χ2v) is 11.9. The highest BCUT2D eigenvalue weighted by Crippen LogP contribution is 2.29. The van der Waals surface area contributed by atoms with Crippen molar-refractivity contribution in [1.82, 2.24) is 5.32 Å². The lowest BCUT2D eigenvalue weighted by Gasteiger charge is -2.32. The molecule has 0 radical (unpaired) electrons. The third kappa shape index (κ3) is 9.83. The highest BCUT2D eigenvalue weighted by atomic mass is 19.1. The van der Waals surface area contributed by atoms with E-state index in [0.717, 1.165) is 50.9 Å². The van der Waals surface area contributed by atoms with Crippen molar-refractivity contribution in [3.63, 3.8) is 0 Å². The Bertz CT molecular complexity index is 1200. The molecule has 42 heavy (non-hydrogen) atoms. The summed E-state index contributed by atoms with van der Waals surface area (Å²) < 4.78 is 26.6. The molecule has 5 heteroatoms. The maximum atomic E-state index is 13.5. The maximum absolute atomic E-state index is 13.5. The van der Waals surface area contributed by atoms with Gasteiger partial charge in [-0.15, -0.1) is 0 Å². The van der Waals surface area contributed by atoms with Gasteiger partial charge in [-0.25, -0.2) is 8.78 Å². The normalized spacial score (nSPS) is 15.1. The number of hydrogen-bond acceptors (Lipinski definition) is 3. The first-order valence-electron chi connectivity index (χ1n) is 16.4. The summed E-state index contributed by atoms with van der Waals surface area (Å²) >= 11 is 0. The average Bonchev–Trinajstić information content (AvgIpc) is 3.03. The van der Waals surface area contributed by atoms with E-state index < -0.39 is 11.6 Å². The Balaban J connectivity index is 0.000000208. The molecule has 2 aliphatic rings. The van der Waals surface area contributed by atoms with Crippen LogP contribution in [0.25, 0.3) is 0 Å². The zero-order chi connectivity index (χ0) is 29.6. The van der Waals surface area contributed by atoms with Crippen LogP contribution in [0.2, 0.25) is 0 Å². The minimum Gasteiger partial charge on any atom is -0.383 e. The van der Waals surface area contributed by atoms with Crippen molar-refractivity contribution < 1.29 is 8.78 Å². The standard InChI is InChI=1S/C21H26F2N2.C16H25N/c22-19-8-9-20(23)21(15-19)25-12-2-1-3-16-4-6-17(7-5-16)18-10-13-24-14-11-18;1-3-5-6-11-17-12-7-8-15-10-9-14(4-2)13-16(15)17/h4-9,15,18,24-25H,1-3,10-14H2;9-10,13H,3-8,11-12H2,1-2H3. The van der Waals surface area contributed by atoms with Crippen molar-refractivity contribution >= 4 is 11.4 Å². The third-order valence-corrected chi connectivity index (χ3v) is 8.73. The minimum atomic E-state index is -0.419. The van der Waals surface area contributed by atoms with Gasteiger partial charge in [-0.2, -0.15) is 0 Å². The van der Waals surface area contributed by atoms with Crippen LogP contribution in [-0.4, -0.2) is 32.7 Å². The van der Waals surface area contributed by atoms with Crippen LogP contribution in [-0.2, 0) is 19.3 Å². The summed E-state index contributed by atoms with van der Waals surface area (Å²) in [5.74, 6) is -0.131. The summed E-state index contributed by atoms with van der Waals surface area (Å²) in [6.45, 7) is 9.90. The Morgan fingerprint density at radius 3 is 2.40 bits per heavy atom. The van der Waals surface area contributed by atoms with Gasteiger partial charge < -0.3 is 15.5 Å². The van der Waals surface area contributed by atoms with Gasteiger partial charge in [0.05, 0.1) is 5.69 Å². The average molecular weight is 576 g/mol. The van der Waals surface area contributed by atoms with Crippen molar-refractivity contribution in [1.29, 1.82) is 0 Å². The van der Waals surface area contributed by atoms with Gasteiger partial charge in [-0.1, -0.05) is 63.1 Å². The Hall–Kier alpha value is -2.92. The summed E-state index contributed by atoms with van der Waals surface area (Å²) in [6, 6.07) is 19.6. The van der Waals surface area contributed by atoms with E-state index in [1.807, 2.05) is 0 Å². The maximum Gasteiger partial charge on any atom is 0.146 e. The van der Waals surface area contributed by atoms with Gasteiger partial charge in [-0.05, 0) is 123 Å². The summed E-state index contributed by atoms with van der Waals surface area (Å²) in [7, 11) is 0. The number of benzene rings is 3. The van der Waals surface area contributed by atoms with Gasteiger partial charge in [0.2, 0.25) is 0 Å². The Morgan fingerprint density at radius 2 is 1.64 bits per heavy atom. The zero-order valence-electron chi connectivity index (χ0n) is 25.9. The Morgan fingerprint density at radius 1 is 0.857 bits per heavy atom. The van der Waals surface area contributed by atoms with E-state index in [1.165, 1.54) is 86.5 Å². The number of piperidine rings is 1. The van der Waals surface area contributed by atoms with Crippen LogP contribution >= 0.6 is 0 Å². The molecule has 0 spiro atoms. The van der Waals surface area contributed by atoms with Crippen molar-refractivity contribution in [2.75, 3.05) is 42.9 Å². The largest absolute Gasteiger partial charge is 0.383 e. The molecule has 3 nitrogen and oxygen atoms in total. The number of nitrogens with one attached hydrogen (secondary N) is 2. The molecule has 0 bridgehead atoms. The molecule has 0 unspecified atom stereocenters. The predicted octanol–water partition coefficient (Wildman–Crippen LogP) is 9.06. The predicted molar refractivity (Wildman–Crippen MR) is 175 cm³/mol. The molecule has 0 atom stereocenters. The number of unbranched alkanes of at least 4 members (excludes halogenated alkanes) is 3. The van der Waals surface area contributed by atoms with E-state index in [9.17, 15) is 8.78 Å². The van der Waals surface area contributed by atoms with Crippen LogP contribution in [0.15, 0.2) is 60.7 Å². The lowest BCUT2D eigenvalue weighted by molar-refractivity contribution is 0.460. The van der Waals surface area contributed by atoms with Gasteiger partial charge in [-0.3, -0.25) is 0 Å². The molecular formula is C37H51F2N3. The molecule has 0 amide bonds. The van der Waals surface area contributed by atoms with Crippen molar-refractivity contribution in [3.05, 3.63) is 94.6 Å². The molecule has 1 fully saturated rings. The molecule has 5 rings (SSSR count). The minimum absolute atomic E-state index is 0.242. The first-order chi connectivity index (χ1) is 20.6. The van der Waals surface area contributed by atoms with E-state index in [-0.39, 0.29) is 5.69 Å². The topological polar surface area (TPSA) is 27.3 Å². The highest BCUT2D eigenvalue weighted by Gasteiger charge is 2.17. The van der Waals surface area contributed by atoms with Crippen molar-refractivity contribution in [2.45, 2.75) is 90.4 Å². The molecular weight excluding hydrogens is 524 g/mol. The molecule has 2 aliphatic heterocycles. The summed E-state index contributed by atoms with van der Waals surface area (Å²) in [4.78, 5) is 2.60. The fourth-order valence-electron chi connectivity index (χ4n) is 6.12. The molecule has 1 saturated heterocycles.